The monoisotopic (exact) mass is 503 g/mol. The van der Waals surface area contributed by atoms with E-state index < -0.39 is 32.4 Å². The molecule has 0 radical (unpaired) electrons. The first-order valence-corrected chi connectivity index (χ1v) is 15.1. The first kappa shape index (κ1) is 29.0. The van der Waals surface area contributed by atoms with Crippen LogP contribution in [0.4, 0.5) is 0 Å². The number of aliphatic carboxylic acids is 1. The van der Waals surface area contributed by atoms with Gasteiger partial charge in [-0.3, -0.25) is 9.63 Å². The third-order valence-electron chi connectivity index (χ3n) is 6.79. The molecule has 0 spiro atoms. The fourth-order valence-corrected chi connectivity index (χ4v) is 4.72. The molecule has 0 saturated heterocycles. The number of nitrogens with zero attached hydrogens (tertiary/aromatic N) is 1. The minimum Gasteiger partial charge on any atom is -0.479 e. The second kappa shape index (κ2) is 12.6. The van der Waals surface area contributed by atoms with E-state index in [0.29, 0.717) is 6.42 Å². The zero-order valence-corrected chi connectivity index (χ0v) is 23.2. The number of carbonyl (C=O) groups is 2. The number of ether oxygens (including phenoxy) is 1. The summed E-state index contributed by atoms with van der Waals surface area (Å²) in [7, 11) is 0.317. The molecule has 2 rings (SSSR count). The Morgan fingerprint density at radius 2 is 1.66 bits per heavy atom. The standard InChI is InChI=1S/C27H41NO6Si/c1-27(2,3)35(6,7)34-24(26(30)31)23(25(29)28(4)32-5)33-18-12-8-9-13-20-16-17-21-14-10-11-15-22(21)19-20/h10-11,14-17,19,23-24H,8-9,12-13,18H2,1-7H3,(H,30,31)/t23-,24-/m1/s1. The smallest absolute Gasteiger partial charge is 0.334 e. The van der Waals surface area contributed by atoms with Crippen molar-refractivity contribution in [2.24, 2.45) is 0 Å². The molecule has 1 amide bonds. The number of hydroxylamine groups is 2. The van der Waals surface area contributed by atoms with Gasteiger partial charge in [0.15, 0.2) is 20.5 Å². The lowest BCUT2D eigenvalue weighted by Gasteiger charge is -2.39. The molecule has 0 bridgehead atoms. The van der Waals surface area contributed by atoms with Gasteiger partial charge in [-0.1, -0.05) is 69.7 Å². The molecule has 0 unspecified atom stereocenters. The number of carboxylic acid groups (broad SMARTS) is 1. The summed E-state index contributed by atoms with van der Waals surface area (Å²) >= 11 is 0. The topological polar surface area (TPSA) is 85.3 Å². The predicted octanol–water partition coefficient (Wildman–Crippen LogP) is 5.43. The maximum atomic E-state index is 12.9. The number of rotatable bonds is 13. The van der Waals surface area contributed by atoms with Gasteiger partial charge in [0, 0.05) is 13.7 Å². The maximum Gasteiger partial charge on any atom is 0.334 e. The first-order chi connectivity index (χ1) is 16.4. The van der Waals surface area contributed by atoms with Crippen molar-refractivity contribution in [3.63, 3.8) is 0 Å². The van der Waals surface area contributed by atoms with E-state index >= 15 is 0 Å². The van der Waals surface area contributed by atoms with Crippen LogP contribution >= 0.6 is 0 Å². The summed E-state index contributed by atoms with van der Waals surface area (Å²) in [5.74, 6) is -1.79. The van der Waals surface area contributed by atoms with Crippen LogP contribution in [0.2, 0.25) is 18.1 Å². The molecule has 0 aromatic heterocycles. The highest BCUT2D eigenvalue weighted by molar-refractivity contribution is 6.74. The molecule has 0 aliphatic heterocycles. The molecule has 0 fully saturated rings. The molecule has 7 nitrogen and oxygen atoms in total. The Morgan fingerprint density at radius 1 is 1.00 bits per heavy atom. The Morgan fingerprint density at radius 3 is 2.26 bits per heavy atom. The molecule has 0 saturated carbocycles. The molecule has 2 atom stereocenters. The zero-order valence-electron chi connectivity index (χ0n) is 22.2. The van der Waals surface area contributed by atoms with Gasteiger partial charge in [0.25, 0.3) is 5.91 Å². The van der Waals surface area contributed by atoms with Gasteiger partial charge >= 0.3 is 5.97 Å². The highest BCUT2D eigenvalue weighted by Gasteiger charge is 2.46. The molecular formula is C27H41NO6Si. The third kappa shape index (κ3) is 8.13. The lowest BCUT2D eigenvalue weighted by Crippen LogP contribution is -2.55. The van der Waals surface area contributed by atoms with Gasteiger partial charge in [-0.2, -0.15) is 0 Å². The zero-order chi connectivity index (χ0) is 26.2. The Hall–Kier alpha value is -2.26. The van der Waals surface area contributed by atoms with Crippen LogP contribution in [0.5, 0.6) is 0 Å². The Kier molecular flexibility index (Phi) is 10.4. The van der Waals surface area contributed by atoms with Gasteiger partial charge in [-0.05, 0) is 53.7 Å². The number of likely N-dealkylation sites (N-methyl/N-ethyl adjacent to an activating group) is 1. The van der Waals surface area contributed by atoms with Crippen molar-refractivity contribution in [2.45, 2.75) is 76.8 Å². The van der Waals surface area contributed by atoms with Crippen molar-refractivity contribution in [2.75, 3.05) is 20.8 Å². The van der Waals surface area contributed by atoms with Crippen molar-refractivity contribution in [1.29, 1.82) is 0 Å². The summed E-state index contributed by atoms with van der Waals surface area (Å²) in [6.45, 7) is 10.2. The molecule has 0 heterocycles. The summed E-state index contributed by atoms with van der Waals surface area (Å²) < 4.78 is 12.0. The summed E-state index contributed by atoms with van der Waals surface area (Å²) in [4.78, 5) is 30.1. The van der Waals surface area contributed by atoms with Crippen molar-refractivity contribution in [3.05, 3.63) is 48.0 Å². The fraction of sp³-hybridized carbons (Fsp3) is 0.556. The molecule has 2 aromatic rings. The number of fused-ring (bicyclic) bond motifs is 1. The average Bonchev–Trinajstić information content (AvgIpc) is 2.80. The number of hydrogen-bond acceptors (Lipinski definition) is 5. The van der Waals surface area contributed by atoms with E-state index in [1.807, 2.05) is 46.0 Å². The van der Waals surface area contributed by atoms with Crippen LogP contribution in [0.1, 0.15) is 45.6 Å². The quantitative estimate of drug-likeness (QED) is 0.223. The minimum absolute atomic E-state index is 0.218. The summed E-state index contributed by atoms with van der Waals surface area (Å²) in [5.41, 5.74) is 1.29. The Balaban J connectivity index is 1.97. The fourth-order valence-electron chi connectivity index (χ4n) is 3.51. The van der Waals surface area contributed by atoms with Crippen LogP contribution in [0, 0.1) is 0 Å². The van der Waals surface area contributed by atoms with Crippen LogP contribution in [0.3, 0.4) is 0 Å². The van der Waals surface area contributed by atoms with E-state index in [0.717, 1.165) is 24.3 Å². The largest absolute Gasteiger partial charge is 0.479 e. The minimum atomic E-state index is -2.47. The summed E-state index contributed by atoms with van der Waals surface area (Å²) in [6, 6.07) is 14.8. The van der Waals surface area contributed by atoms with Crippen LogP contribution in [0.15, 0.2) is 42.5 Å². The third-order valence-corrected chi connectivity index (χ3v) is 11.3. The highest BCUT2D eigenvalue weighted by Crippen LogP contribution is 2.38. The normalized spacial score (nSPS) is 14.0. The molecule has 35 heavy (non-hydrogen) atoms. The van der Waals surface area contributed by atoms with Gasteiger partial charge in [-0.25, -0.2) is 9.86 Å². The molecule has 194 valence electrons. The number of benzene rings is 2. The molecular weight excluding hydrogens is 462 g/mol. The highest BCUT2D eigenvalue weighted by atomic mass is 28.4. The lowest BCUT2D eigenvalue weighted by molar-refractivity contribution is -0.190. The number of hydrogen-bond donors (Lipinski definition) is 1. The lowest BCUT2D eigenvalue weighted by atomic mass is 10.0. The van der Waals surface area contributed by atoms with Gasteiger partial charge in [0.1, 0.15) is 0 Å². The van der Waals surface area contributed by atoms with E-state index in [9.17, 15) is 14.7 Å². The van der Waals surface area contributed by atoms with E-state index in [2.05, 4.69) is 30.3 Å². The number of amides is 1. The molecule has 2 aromatic carbocycles. The summed E-state index contributed by atoms with van der Waals surface area (Å²) in [6.07, 6.45) is 0.841. The second-order valence-corrected chi connectivity index (χ2v) is 15.2. The van der Waals surface area contributed by atoms with Crippen molar-refractivity contribution in [3.8, 4) is 0 Å². The van der Waals surface area contributed by atoms with Crippen molar-refractivity contribution < 1.29 is 28.7 Å². The Labute approximate surface area is 210 Å². The average molecular weight is 504 g/mol. The molecule has 0 aliphatic rings. The van der Waals surface area contributed by atoms with E-state index in [1.165, 1.54) is 30.5 Å². The number of carboxylic acids is 1. The second-order valence-electron chi connectivity index (χ2n) is 10.4. The first-order valence-electron chi connectivity index (χ1n) is 12.2. The molecule has 8 heteroatoms. The van der Waals surface area contributed by atoms with E-state index in [1.54, 1.807) is 0 Å². The van der Waals surface area contributed by atoms with Crippen LogP contribution in [-0.4, -0.2) is 63.3 Å². The van der Waals surface area contributed by atoms with Crippen molar-refractivity contribution >= 4 is 31.0 Å². The number of carbonyl (C=O) groups excluding carboxylic acids is 1. The van der Waals surface area contributed by atoms with Crippen LogP contribution in [0.25, 0.3) is 10.8 Å². The number of unbranched alkanes of at least 4 members (excludes halogenated alkanes) is 2. The van der Waals surface area contributed by atoms with E-state index in [-0.39, 0.29) is 11.6 Å². The van der Waals surface area contributed by atoms with Gasteiger partial charge in [0.05, 0.1) is 7.11 Å². The van der Waals surface area contributed by atoms with Gasteiger partial charge in [0.2, 0.25) is 0 Å². The summed E-state index contributed by atoms with van der Waals surface area (Å²) in [5, 5.41) is 13.2. The van der Waals surface area contributed by atoms with Gasteiger partial charge < -0.3 is 14.3 Å². The Bertz CT molecular complexity index is 987. The van der Waals surface area contributed by atoms with Crippen molar-refractivity contribution in [1.82, 2.24) is 5.06 Å². The number of aryl methyl sites for hydroxylation is 1. The molecule has 0 aliphatic carbocycles. The van der Waals surface area contributed by atoms with Crippen LogP contribution < -0.4 is 0 Å². The van der Waals surface area contributed by atoms with Gasteiger partial charge in [-0.15, -0.1) is 0 Å². The van der Waals surface area contributed by atoms with Crippen LogP contribution in [-0.2, 0) is 30.0 Å². The SMILES string of the molecule is CON(C)C(=O)[C@H](OCCCCCc1ccc2ccccc2c1)[C@@H](O[Si](C)(C)C(C)(C)C)C(=O)O. The maximum absolute atomic E-state index is 12.9. The molecule has 1 N–H and O–H groups in total. The van der Waals surface area contributed by atoms with E-state index in [4.69, 9.17) is 14.0 Å². The predicted molar refractivity (Wildman–Crippen MR) is 141 cm³/mol.